The van der Waals surface area contributed by atoms with Gasteiger partial charge in [0, 0.05) is 5.02 Å². The van der Waals surface area contributed by atoms with E-state index in [4.69, 9.17) is 11.6 Å². The third kappa shape index (κ3) is 5.31. The van der Waals surface area contributed by atoms with Crippen LogP contribution in [-0.2, 0) is 14.8 Å². The van der Waals surface area contributed by atoms with Crippen molar-refractivity contribution in [2.45, 2.75) is 13.8 Å². The maximum Gasteiger partial charge on any atom is 0.260 e. The Morgan fingerprint density at radius 1 is 1.23 bits per heavy atom. The molecular weight excluding hydrogens is 374 g/mol. The highest BCUT2D eigenvalue weighted by atomic mass is 35.5. The van der Waals surface area contributed by atoms with E-state index in [0.29, 0.717) is 16.3 Å². The Bertz CT molecular complexity index is 942. The first-order chi connectivity index (χ1) is 12.2. The zero-order chi connectivity index (χ0) is 19.3. The quantitative estimate of drug-likeness (QED) is 0.605. The number of carbonyl (C=O) groups excluding carboxylic acids is 1. The molecule has 138 valence electrons. The first kappa shape index (κ1) is 19.9. The lowest BCUT2D eigenvalue weighted by Crippen LogP contribution is -2.39. The summed E-state index contributed by atoms with van der Waals surface area (Å²) < 4.78 is 25.3. The van der Waals surface area contributed by atoms with Crippen molar-refractivity contribution in [2.24, 2.45) is 5.10 Å². The minimum atomic E-state index is -3.67. The van der Waals surface area contributed by atoms with Crippen molar-refractivity contribution < 1.29 is 13.2 Å². The fourth-order valence-electron chi connectivity index (χ4n) is 2.34. The number of hydrogen-bond acceptors (Lipinski definition) is 4. The van der Waals surface area contributed by atoms with Crippen LogP contribution in [0.3, 0.4) is 0 Å². The predicted molar refractivity (Wildman–Crippen MR) is 105 cm³/mol. The van der Waals surface area contributed by atoms with E-state index in [1.165, 1.54) is 6.21 Å². The summed E-state index contributed by atoms with van der Waals surface area (Å²) in [5, 5.41) is 4.30. The number of benzene rings is 2. The summed E-state index contributed by atoms with van der Waals surface area (Å²) in [6, 6.07) is 12.5. The summed E-state index contributed by atoms with van der Waals surface area (Å²) in [4.78, 5) is 12.2. The van der Waals surface area contributed by atoms with Crippen molar-refractivity contribution in [3.8, 4) is 0 Å². The third-order valence-electron chi connectivity index (χ3n) is 3.64. The van der Waals surface area contributed by atoms with Crippen molar-refractivity contribution in [1.82, 2.24) is 5.43 Å². The molecule has 0 fully saturated rings. The van der Waals surface area contributed by atoms with E-state index in [1.54, 1.807) is 25.1 Å². The molecule has 0 saturated carbocycles. The SMILES string of the molecule is Cc1cccc(/C=N\NC(=O)CN(c2cccc(Cl)c2C)S(C)(=O)=O)c1. The van der Waals surface area contributed by atoms with Gasteiger partial charge in [0.1, 0.15) is 6.54 Å². The van der Waals surface area contributed by atoms with Gasteiger partial charge in [-0.2, -0.15) is 5.10 Å². The lowest BCUT2D eigenvalue weighted by atomic mass is 10.2. The van der Waals surface area contributed by atoms with Crippen LogP contribution in [0.25, 0.3) is 0 Å². The average molecular weight is 394 g/mol. The van der Waals surface area contributed by atoms with E-state index in [0.717, 1.165) is 21.7 Å². The fourth-order valence-corrected chi connectivity index (χ4v) is 3.42. The van der Waals surface area contributed by atoms with Gasteiger partial charge >= 0.3 is 0 Å². The van der Waals surface area contributed by atoms with E-state index in [2.05, 4.69) is 10.5 Å². The summed E-state index contributed by atoms with van der Waals surface area (Å²) >= 11 is 6.06. The van der Waals surface area contributed by atoms with Crippen molar-refractivity contribution in [3.63, 3.8) is 0 Å². The van der Waals surface area contributed by atoms with Gasteiger partial charge < -0.3 is 0 Å². The van der Waals surface area contributed by atoms with Crippen LogP contribution in [0, 0.1) is 13.8 Å². The molecule has 2 rings (SSSR count). The second-order valence-electron chi connectivity index (χ2n) is 5.86. The van der Waals surface area contributed by atoms with Gasteiger partial charge in [-0.3, -0.25) is 9.10 Å². The summed E-state index contributed by atoms with van der Waals surface area (Å²) in [7, 11) is -3.67. The molecule has 26 heavy (non-hydrogen) atoms. The van der Waals surface area contributed by atoms with E-state index < -0.39 is 22.5 Å². The largest absolute Gasteiger partial charge is 0.271 e. The number of anilines is 1. The van der Waals surface area contributed by atoms with Crippen molar-refractivity contribution >= 4 is 39.4 Å². The number of sulfonamides is 1. The molecule has 0 heterocycles. The van der Waals surface area contributed by atoms with Crippen LogP contribution < -0.4 is 9.73 Å². The summed E-state index contributed by atoms with van der Waals surface area (Å²) in [5.41, 5.74) is 5.19. The number of hydrogen-bond donors (Lipinski definition) is 1. The summed E-state index contributed by atoms with van der Waals surface area (Å²) in [5.74, 6) is -0.557. The van der Waals surface area contributed by atoms with Gasteiger partial charge in [0.15, 0.2) is 0 Å². The molecule has 0 spiro atoms. The van der Waals surface area contributed by atoms with Crippen LogP contribution >= 0.6 is 11.6 Å². The maximum atomic E-state index is 12.2. The highest BCUT2D eigenvalue weighted by Crippen LogP contribution is 2.27. The summed E-state index contributed by atoms with van der Waals surface area (Å²) in [6.07, 6.45) is 2.54. The van der Waals surface area contributed by atoms with E-state index in [-0.39, 0.29) is 0 Å². The van der Waals surface area contributed by atoms with Crippen LogP contribution in [0.15, 0.2) is 47.6 Å². The van der Waals surface area contributed by atoms with E-state index >= 15 is 0 Å². The third-order valence-corrected chi connectivity index (χ3v) is 5.18. The Labute approximate surface area is 158 Å². The van der Waals surface area contributed by atoms with Crippen LogP contribution in [0.1, 0.15) is 16.7 Å². The molecule has 0 bridgehead atoms. The fraction of sp³-hybridized carbons (Fsp3) is 0.222. The topological polar surface area (TPSA) is 78.8 Å². The van der Waals surface area contributed by atoms with Crippen LogP contribution in [0.2, 0.25) is 5.02 Å². The molecule has 0 unspecified atom stereocenters. The Kier molecular flexibility index (Phi) is 6.39. The Morgan fingerprint density at radius 3 is 2.58 bits per heavy atom. The molecule has 2 aromatic rings. The van der Waals surface area contributed by atoms with E-state index in [9.17, 15) is 13.2 Å². The van der Waals surface area contributed by atoms with Gasteiger partial charge in [-0.25, -0.2) is 13.8 Å². The number of rotatable bonds is 6. The van der Waals surface area contributed by atoms with Gasteiger partial charge in [-0.1, -0.05) is 47.5 Å². The number of nitrogens with one attached hydrogen (secondary N) is 1. The van der Waals surface area contributed by atoms with Crippen LogP contribution in [0.5, 0.6) is 0 Å². The Morgan fingerprint density at radius 2 is 1.92 bits per heavy atom. The second kappa shape index (κ2) is 8.33. The monoisotopic (exact) mass is 393 g/mol. The number of nitrogens with zero attached hydrogens (tertiary/aromatic N) is 2. The zero-order valence-corrected chi connectivity index (χ0v) is 16.3. The standard InChI is InChI=1S/C18H20ClN3O3S/c1-13-6-4-7-15(10-13)11-20-21-18(23)12-22(26(3,24)25)17-9-5-8-16(19)14(17)2/h4-11H,12H2,1-3H3,(H,21,23)/b20-11-. The first-order valence-corrected chi connectivity index (χ1v) is 10.0. The number of amides is 1. The molecule has 0 aliphatic rings. The zero-order valence-electron chi connectivity index (χ0n) is 14.7. The normalized spacial score (nSPS) is 11.5. The molecule has 0 aliphatic carbocycles. The van der Waals surface area contributed by atoms with Crippen LogP contribution in [-0.4, -0.2) is 33.3 Å². The van der Waals surface area contributed by atoms with Crippen molar-refractivity contribution in [3.05, 3.63) is 64.2 Å². The number of hydrazone groups is 1. The predicted octanol–water partition coefficient (Wildman–Crippen LogP) is 2.87. The maximum absolute atomic E-state index is 12.2. The highest BCUT2D eigenvalue weighted by Gasteiger charge is 2.22. The molecule has 2 aromatic carbocycles. The molecular formula is C18H20ClN3O3S. The molecule has 8 heteroatoms. The Balaban J connectivity index is 2.14. The van der Waals surface area contributed by atoms with Crippen molar-refractivity contribution in [1.29, 1.82) is 0 Å². The molecule has 0 saturated heterocycles. The highest BCUT2D eigenvalue weighted by molar-refractivity contribution is 7.92. The van der Waals surface area contributed by atoms with Gasteiger partial charge in [-0.15, -0.1) is 0 Å². The van der Waals surface area contributed by atoms with Gasteiger partial charge in [0.05, 0.1) is 18.2 Å². The molecule has 0 atom stereocenters. The molecule has 6 nitrogen and oxygen atoms in total. The summed E-state index contributed by atoms with van der Waals surface area (Å²) in [6.45, 7) is 3.25. The van der Waals surface area contributed by atoms with Gasteiger partial charge in [0.25, 0.3) is 5.91 Å². The molecule has 1 N–H and O–H groups in total. The van der Waals surface area contributed by atoms with Gasteiger partial charge in [0.2, 0.25) is 10.0 Å². The lowest BCUT2D eigenvalue weighted by Gasteiger charge is -2.23. The average Bonchev–Trinajstić information content (AvgIpc) is 2.55. The number of aryl methyl sites for hydroxylation is 1. The Hall–Kier alpha value is -2.38. The second-order valence-corrected chi connectivity index (χ2v) is 8.17. The molecule has 0 radical (unpaired) electrons. The van der Waals surface area contributed by atoms with Crippen LogP contribution in [0.4, 0.5) is 5.69 Å². The molecule has 0 aliphatic heterocycles. The minimum Gasteiger partial charge on any atom is -0.271 e. The number of carbonyl (C=O) groups is 1. The minimum absolute atomic E-state index is 0.359. The smallest absolute Gasteiger partial charge is 0.260 e. The van der Waals surface area contributed by atoms with E-state index in [1.807, 2.05) is 31.2 Å². The molecule has 1 amide bonds. The first-order valence-electron chi connectivity index (χ1n) is 7.80. The lowest BCUT2D eigenvalue weighted by molar-refractivity contribution is -0.119. The molecule has 0 aromatic heterocycles. The van der Waals surface area contributed by atoms with Crippen molar-refractivity contribution in [2.75, 3.05) is 17.1 Å². The number of halogens is 1. The van der Waals surface area contributed by atoms with Gasteiger partial charge in [-0.05, 0) is 37.1 Å².